The molecule has 4 nitrogen and oxygen atoms in total. The zero-order valence-corrected chi connectivity index (χ0v) is 9.52. The third-order valence-electron chi connectivity index (χ3n) is 2.26. The third kappa shape index (κ3) is 4.23. The Kier molecular flexibility index (Phi) is 5.01. The van der Waals surface area contributed by atoms with Crippen LogP contribution in [0, 0.1) is 5.92 Å². The summed E-state index contributed by atoms with van der Waals surface area (Å²) in [7, 11) is 0. The van der Waals surface area contributed by atoms with Gasteiger partial charge in [-0.25, -0.2) is 4.68 Å². The molecule has 1 heterocycles. The molecular formula is C11H19N3O. The first-order valence-electron chi connectivity index (χ1n) is 5.55. The molecule has 0 saturated heterocycles. The predicted molar refractivity (Wildman–Crippen MR) is 58.5 cm³/mol. The Hall–Kier alpha value is -1.19. The fraction of sp³-hybridized carbons (Fsp3) is 0.727. The molecule has 1 aromatic heterocycles. The summed E-state index contributed by atoms with van der Waals surface area (Å²) in [5.41, 5.74) is 1.19. The molecule has 0 aliphatic rings. The van der Waals surface area contributed by atoms with E-state index in [4.69, 9.17) is 0 Å². The van der Waals surface area contributed by atoms with Crippen molar-refractivity contribution in [2.75, 3.05) is 0 Å². The van der Waals surface area contributed by atoms with E-state index < -0.39 is 0 Å². The Labute approximate surface area is 90.7 Å². The lowest BCUT2D eigenvalue weighted by atomic mass is 10.1. The van der Waals surface area contributed by atoms with Crippen molar-refractivity contribution in [1.82, 2.24) is 15.0 Å². The maximum atomic E-state index is 10.1. The molecule has 0 aromatic carbocycles. The van der Waals surface area contributed by atoms with Gasteiger partial charge in [0.2, 0.25) is 0 Å². The van der Waals surface area contributed by atoms with Gasteiger partial charge in [0.25, 0.3) is 0 Å². The van der Waals surface area contributed by atoms with E-state index in [1.807, 2.05) is 10.9 Å². The Bertz CT molecular complexity index is 294. The molecule has 0 bridgehead atoms. The number of hydrogen-bond acceptors (Lipinski definition) is 3. The Morgan fingerprint density at radius 2 is 2.27 bits per heavy atom. The zero-order chi connectivity index (χ0) is 11.1. The molecule has 1 aromatic rings. The number of carbonyl (C=O) groups is 1. The van der Waals surface area contributed by atoms with E-state index in [1.165, 1.54) is 5.69 Å². The maximum absolute atomic E-state index is 10.1. The molecule has 15 heavy (non-hydrogen) atoms. The lowest BCUT2D eigenvalue weighted by Gasteiger charge is -2.07. The van der Waals surface area contributed by atoms with E-state index in [0.29, 0.717) is 12.3 Å². The number of carbonyl (C=O) groups excluding carboxylic acids is 1. The van der Waals surface area contributed by atoms with Gasteiger partial charge in [0.1, 0.15) is 6.29 Å². The average Bonchev–Trinajstić information content (AvgIpc) is 2.59. The van der Waals surface area contributed by atoms with Crippen LogP contribution >= 0.6 is 0 Å². The van der Waals surface area contributed by atoms with Gasteiger partial charge >= 0.3 is 0 Å². The van der Waals surface area contributed by atoms with Crippen LogP contribution in [0.5, 0.6) is 0 Å². The van der Waals surface area contributed by atoms with Crippen molar-refractivity contribution in [1.29, 1.82) is 0 Å². The molecule has 1 rings (SSSR count). The summed E-state index contributed by atoms with van der Waals surface area (Å²) < 4.78 is 1.95. The fourth-order valence-corrected chi connectivity index (χ4v) is 1.53. The first-order chi connectivity index (χ1) is 7.24. The van der Waals surface area contributed by atoms with Gasteiger partial charge in [-0.15, -0.1) is 5.10 Å². The van der Waals surface area contributed by atoms with Crippen molar-refractivity contribution in [3.8, 4) is 0 Å². The topological polar surface area (TPSA) is 47.8 Å². The SMILES string of the molecule is CC(C)Cc1cnnn1CCCCC=O. The first kappa shape index (κ1) is 11.9. The Morgan fingerprint density at radius 3 is 2.93 bits per heavy atom. The van der Waals surface area contributed by atoms with E-state index in [9.17, 15) is 4.79 Å². The fourth-order valence-electron chi connectivity index (χ4n) is 1.53. The second-order valence-corrected chi connectivity index (χ2v) is 4.21. The van der Waals surface area contributed by atoms with Gasteiger partial charge in [0.15, 0.2) is 0 Å². The van der Waals surface area contributed by atoms with Crippen LogP contribution in [-0.4, -0.2) is 21.3 Å². The summed E-state index contributed by atoms with van der Waals surface area (Å²) in [4.78, 5) is 10.1. The highest BCUT2D eigenvalue weighted by Crippen LogP contribution is 2.07. The number of nitrogens with zero attached hydrogens (tertiary/aromatic N) is 3. The van der Waals surface area contributed by atoms with E-state index in [1.54, 1.807) is 0 Å². The minimum atomic E-state index is 0.622. The molecule has 0 radical (unpaired) electrons. The van der Waals surface area contributed by atoms with Crippen LogP contribution in [-0.2, 0) is 17.8 Å². The minimum absolute atomic E-state index is 0.622. The average molecular weight is 209 g/mol. The second-order valence-electron chi connectivity index (χ2n) is 4.21. The van der Waals surface area contributed by atoms with Crippen molar-refractivity contribution in [3.63, 3.8) is 0 Å². The molecule has 84 valence electrons. The van der Waals surface area contributed by atoms with Crippen LogP contribution in [0.15, 0.2) is 6.20 Å². The molecular weight excluding hydrogens is 190 g/mol. The Balaban J connectivity index is 2.39. The summed E-state index contributed by atoms with van der Waals surface area (Å²) in [6.45, 7) is 5.24. The van der Waals surface area contributed by atoms with Crippen molar-refractivity contribution in [2.24, 2.45) is 5.92 Å². The van der Waals surface area contributed by atoms with Crippen LogP contribution in [0.3, 0.4) is 0 Å². The molecule has 0 fully saturated rings. The predicted octanol–water partition coefficient (Wildman–Crippen LogP) is 1.85. The minimum Gasteiger partial charge on any atom is -0.303 e. The highest BCUT2D eigenvalue weighted by Gasteiger charge is 2.05. The zero-order valence-electron chi connectivity index (χ0n) is 9.52. The maximum Gasteiger partial charge on any atom is 0.119 e. The normalized spacial score (nSPS) is 10.9. The van der Waals surface area contributed by atoms with Gasteiger partial charge in [-0.1, -0.05) is 19.1 Å². The summed E-state index contributed by atoms with van der Waals surface area (Å²) in [6, 6.07) is 0. The van der Waals surface area contributed by atoms with Gasteiger partial charge in [0.05, 0.1) is 11.9 Å². The molecule has 4 heteroatoms. The van der Waals surface area contributed by atoms with E-state index >= 15 is 0 Å². The molecule has 0 aliphatic carbocycles. The lowest BCUT2D eigenvalue weighted by molar-refractivity contribution is -0.107. The van der Waals surface area contributed by atoms with E-state index in [0.717, 1.165) is 32.1 Å². The van der Waals surface area contributed by atoms with Crippen LogP contribution in [0.4, 0.5) is 0 Å². The molecule has 0 unspecified atom stereocenters. The number of hydrogen-bond donors (Lipinski definition) is 0. The number of aromatic nitrogens is 3. The number of unbranched alkanes of at least 4 members (excludes halogenated alkanes) is 2. The van der Waals surface area contributed by atoms with Crippen LogP contribution in [0.25, 0.3) is 0 Å². The summed E-state index contributed by atoms with van der Waals surface area (Å²) in [5, 5.41) is 7.96. The van der Waals surface area contributed by atoms with Crippen molar-refractivity contribution < 1.29 is 4.79 Å². The van der Waals surface area contributed by atoms with Crippen LogP contribution in [0.1, 0.15) is 38.8 Å². The third-order valence-corrected chi connectivity index (χ3v) is 2.26. The summed E-state index contributed by atoms with van der Waals surface area (Å²) >= 11 is 0. The highest BCUT2D eigenvalue weighted by atomic mass is 16.1. The quantitative estimate of drug-likeness (QED) is 0.508. The molecule has 0 N–H and O–H groups in total. The first-order valence-corrected chi connectivity index (χ1v) is 5.55. The summed E-state index contributed by atoms with van der Waals surface area (Å²) in [5.74, 6) is 0.622. The smallest absolute Gasteiger partial charge is 0.119 e. The largest absolute Gasteiger partial charge is 0.303 e. The number of aryl methyl sites for hydroxylation is 1. The van der Waals surface area contributed by atoms with Gasteiger partial charge < -0.3 is 4.79 Å². The van der Waals surface area contributed by atoms with Gasteiger partial charge in [-0.2, -0.15) is 0 Å². The van der Waals surface area contributed by atoms with Gasteiger partial charge in [0, 0.05) is 13.0 Å². The standard InChI is InChI=1S/C11H19N3O/c1-10(2)8-11-9-12-13-14(11)6-4-3-5-7-15/h7,9-10H,3-6,8H2,1-2H3. The summed E-state index contributed by atoms with van der Waals surface area (Å²) in [6.07, 6.45) is 6.39. The van der Waals surface area contributed by atoms with E-state index in [-0.39, 0.29) is 0 Å². The monoisotopic (exact) mass is 209 g/mol. The van der Waals surface area contributed by atoms with Gasteiger partial charge in [-0.05, 0) is 25.2 Å². The molecule has 0 amide bonds. The molecule has 0 saturated carbocycles. The molecule has 0 spiro atoms. The van der Waals surface area contributed by atoms with E-state index in [2.05, 4.69) is 24.2 Å². The second kappa shape index (κ2) is 6.32. The Morgan fingerprint density at radius 1 is 1.47 bits per heavy atom. The van der Waals surface area contributed by atoms with Gasteiger partial charge in [-0.3, -0.25) is 0 Å². The highest BCUT2D eigenvalue weighted by molar-refractivity contribution is 5.48. The molecule has 0 aliphatic heterocycles. The van der Waals surface area contributed by atoms with Crippen molar-refractivity contribution >= 4 is 6.29 Å². The van der Waals surface area contributed by atoms with Crippen molar-refractivity contribution in [3.05, 3.63) is 11.9 Å². The van der Waals surface area contributed by atoms with Crippen LogP contribution in [0.2, 0.25) is 0 Å². The number of aldehydes is 1. The van der Waals surface area contributed by atoms with Crippen molar-refractivity contribution in [2.45, 2.75) is 46.1 Å². The number of rotatable bonds is 7. The molecule has 0 atom stereocenters. The lowest BCUT2D eigenvalue weighted by Crippen LogP contribution is -2.07. The van der Waals surface area contributed by atoms with Crippen LogP contribution < -0.4 is 0 Å².